The van der Waals surface area contributed by atoms with Crippen LogP contribution in [0.4, 0.5) is 10.1 Å². The Morgan fingerprint density at radius 2 is 2.12 bits per heavy atom. The maximum absolute atomic E-state index is 12.9. The summed E-state index contributed by atoms with van der Waals surface area (Å²) in [6.45, 7) is 3.73. The van der Waals surface area contributed by atoms with Crippen LogP contribution in [0.2, 0.25) is 0 Å². The van der Waals surface area contributed by atoms with Gasteiger partial charge in [0, 0.05) is 5.69 Å². The van der Waals surface area contributed by atoms with Gasteiger partial charge in [-0.25, -0.2) is 4.39 Å². The van der Waals surface area contributed by atoms with Crippen molar-refractivity contribution in [2.24, 2.45) is 11.7 Å². The molecular formula is C11H14BrFN2O. The van der Waals surface area contributed by atoms with Crippen molar-refractivity contribution in [3.8, 4) is 0 Å². The SMILES string of the molecule is CC(C)[C@@H](N)C(=O)Nc1ccc(F)c(Br)c1. The standard InChI is InChI=1S/C11H14BrFN2O/c1-6(2)10(14)11(16)15-7-3-4-9(13)8(12)5-7/h3-6,10H,14H2,1-2H3,(H,15,16)/t10-/m1/s1. The summed E-state index contributed by atoms with van der Waals surface area (Å²) in [5, 5.41) is 2.63. The minimum Gasteiger partial charge on any atom is -0.325 e. The molecule has 16 heavy (non-hydrogen) atoms. The van der Waals surface area contributed by atoms with E-state index in [0.29, 0.717) is 10.2 Å². The molecule has 1 atom stereocenters. The summed E-state index contributed by atoms with van der Waals surface area (Å²) >= 11 is 3.04. The number of benzene rings is 1. The number of nitrogens with one attached hydrogen (secondary N) is 1. The monoisotopic (exact) mass is 288 g/mol. The molecule has 0 aliphatic rings. The van der Waals surface area contributed by atoms with Gasteiger partial charge in [0.2, 0.25) is 5.91 Å². The fourth-order valence-corrected chi connectivity index (χ4v) is 1.48. The average molecular weight is 289 g/mol. The number of amides is 1. The van der Waals surface area contributed by atoms with Gasteiger partial charge in [-0.2, -0.15) is 0 Å². The van der Waals surface area contributed by atoms with Crippen molar-refractivity contribution in [3.63, 3.8) is 0 Å². The zero-order chi connectivity index (χ0) is 12.3. The van der Waals surface area contributed by atoms with Gasteiger partial charge in [0.15, 0.2) is 0 Å². The van der Waals surface area contributed by atoms with Crippen LogP contribution >= 0.6 is 15.9 Å². The Morgan fingerprint density at radius 1 is 1.50 bits per heavy atom. The van der Waals surface area contributed by atoms with Crippen LogP contribution in [0.1, 0.15) is 13.8 Å². The third kappa shape index (κ3) is 3.28. The van der Waals surface area contributed by atoms with E-state index >= 15 is 0 Å². The van der Waals surface area contributed by atoms with E-state index in [1.807, 2.05) is 13.8 Å². The van der Waals surface area contributed by atoms with Crippen LogP contribution < -0.4 is 11.1 Å². The molecule has 0 bridgehead atoms. The van der Waals surface area contributed by atoms with Crippen molar-refractivity contribution < 1.29 is 9.18 Å². The quantitative estimate of drug-likeness (QED) is 0.898. The smallest absolute Gasteiger partial charge is 0.241 e. The lowest BCUT2D eigenvalue weighted by atomic mass is 10.1. The molecular weight excluding hydrogens is 275 g/mol. The van der Waals surface area contributed by atoms with E-state index in [9.17, 15) is 9.18 Å². The second-order valence-electron chi connectivity index (χ2n) is 3.89. The summed E-state index contributed by atoms with van der Waals surface area (Å²) in [5.74, 6) is -0.580. The Balaban J connectivity index is 2.74. The highest BCUT2D eigenvalue weighted by Gasteiger charge is 2.17. The van der Waals surface area contributed by atoms with E-state index in [-0.39, 0.29) is 17.6 Å². The summed E-state index contributed by atoms with van der Waals surface area (Å²) in [5.41, 5.74) is 6.20. The molecule has 3 nitrogen and oxygen atoms in total. The molecule has 0 spiro atoms. The van der Waals surface area contributed by atoms with Gasteiger partial charge < -0.3 is 11.1 Å². The molecule has 1 aromatic rings. The van der Waals surface area contributed by atoms with Gasteiger partial charge >= 0.3 is 0 Å². The molecule has 88 valence electrons. The van der Waals surface area contributed by atoms with E-state index in [4.69, 9.17) is 5.73 Å². The minimum atomic E-state index is -0.566. The largest absolute Gasteiger partial charge is 0.325 e. The van der Waals surface area contributed by atoms with Gasteiger partial charge in [-0.3, -0.25) is 4.79 Å². The highest BCUT2D eigenvalue weighted by Crippen LogP contribution is 2.20. The van der Waals surface area contributed by atoms with E-state index in [1.165, 1.54) is 18.2 Å². The number of hydrogen-bond acceptors (Lipinski definition) is 2. The molecule has 0 radical (unpaired) electrons. The molecule has 0 heterocycles. The first-order valence-corrected chi connectivity index (χ1v) is 5.72. The van der Waals surface area contributed by atoms with E-state index in [0.717, 1.165) is 0 Å². The first-order valence-electron chi connectivity index (χ1n) is 4.93. The van der Waals surface area contributed by atoms with Gasteiger partial charge in [-0.1, -0.05) is 13.8 Å². The maximum atomic E-state index is 12.9. The van der Waals surface area contributed by atoms with Crippen LogP contribution in [0.5, 0.6) is 0 Å². The number of hydrogen-bond donors (Lipinski definition) is 2. The van der Waals surface area contributed by atoms with E-state index in [2.05, 4.69) is 21.2 Å². The van der Waals surface area contributed by atoms with Crippen molar-refractivity contribution in [1.29, 1.82) is 0 Å². The van der Waals surface area contributed by atoms with Gasteiger partial charge in [-0.05, 0) is 40.0 Å². The van der Waals surface area contributed by atoms with Crippen LogP contribution in [0.25, 0.3) is 0 Å². The van der Waals surface area contributed by atoms with Crippen LogP contribution in [0.15, 0.2) is 22.7 Å². The molecule has 1 aromatic carbocycles. The van der Waals surface area contributed by atoms with Gasteiger partial charge in [-0.15, -0.1) is 0 Å². The molecule has 0 aromatic heterocycles. The number of anilines is 1. The molecule has 3 N–H and O–H groups in total. The fraction of sp³-hybridized carbons (Fsp3) is 0.364. The maximum Gasteiger partial charge on any atom is 0.241 e. The molecule has 0 saturated heterocycles. The lowest BCUT2D eigenvalue weighted by Gasteiger charge is -2.15. The van der Waals surface area contributed by atoms with Crippen LogP contribution in [-0.4, -0.2) is 11.9 Å². The summed E-state index contributed by atoms with van der Waals surface area (Å²) in [4.78, 5) is 11.6. The molecule has 0 aliphatic heterocycles. The third-order valence-electron chi connectivity index (χ3n) is 2.21. The zero-order valence-corrected chi connectivity index (χ0v) is 10.7. The number of halogens is 2. The molecule has 0 saturated carbocycles. The average Bonchev–Trinajstić information content (AvgIpc) is 2.22. The van der Waals surface area contributed by atoms with Gasteiger partial charge in [0.1, 0.15) is 5.82 Å². The molecule has 0 fully saturated rings. The van der Waals surface area contributed by atoms with Gasteiger partial charge in [0.05, 0.1) is 10.5 Å². The molecule has 5 heteroatoms. The van der Waals surface area contributed by atoms with E-state index in [1.54, 1.807) is 0 Å². The van der Waals surface area contributed by atoms with Crippen LogP contribution in [0.3, 0.4) is 0 Å². The lowest BCUT2D eigenvalue weighted by Crippen LogP contribution is -2.39. The summed E-state index contributed by atoms with van der Waals surface area (Å²) in [7, 11) is 0. The van der Waals surface area contributed by atoms with Gasteiger partial charge in [0.25, 0.3) is 0 Å². The Morgan fingerprint density at radius 3 is 2.62 bits per heavy atom. The molecule has 0 unspecified atom stereocenters. The number of rotatable bonds is 3. The van der Waals surface area contributed by atoms with Crippen LogP contribution in [0, 0.1) is 11.7 Å². The second kappa shape index (κ2) is 5.41. The molecule has 1 amide bonds. The number of carbonyl (C=O) groups excluding carboxylic acids is 1. The first kappa shape index (κ1) is 13.1. The topological polar surface area (TPSA) is 55.1 Å². The number of carbonyl (C=O) groups is 1. The normalized spacial score (nSPS) is 12.6. The number of nitrogens with two attached hydrogens (primary N) is 1. The molecule has 0 aliphatic carbocycles. The Kier molecular flexibility index (Phi) is 4.44. The zero-order valence-electron chi connectivity index (χ0n) is 9.13. The summed E-state index contributed by atoms with van der Waals surface area (Å²) in [6.07, 6.45) is 0. The first-order chi connectivity index (χ1) is 7.41. The predicted octanol–water partition coefficient (Wildman–Crippen LogP) is 2.51. The Hall–Kier alpha value is -0.940. The van der Waals surface area contributed by atoms with Crippen molar-refractivity contribution in [1.82, 2.24) is 0 Å². The van der Waals surface area contributed by atoms with Crippen molar-refractivity contribution in [2.75, 3.05) is 5.32 Å². The third-order valence-corrected chi connectivity index (χ3v) is 2.82. The van der Waals surface area contributed by atoms with Crippen LogP contribution in [-0.2, 0) is 4.79 Å². The Labute approximate surface area is 102 Å². The van der Waals surface area contributed by atoms with E-state index < -0.39 is 6.04 Å². The van der Waals surface area contributed by atoms with Crippen molar-refractivity contribution in [2.45, 2.75) is 19.9 Å². The Bertz CT molecular complexity index is 396. The second-order valence-corrected chi connectivity index (χ2v) is 4.74. The summed E-state index contributed by atoms with van der Waals surface area (Å²) < 4.78 is 13.2. The highest BCUT2D eigenvalue weighted by molar-refractivity contribution is 9.10. The van der Waals surface area contributed by atoms with Crippen molar-refractivity contribution >= 4 is 27.5 Å². The highest BCUT2D eigenvalue weighted by atomic mass is 79.9. The predicted molar refractivity (Wildman–Crippen MR) is 65.5 cm³/mol. The molecule has 1 rings (SSSR count). The fourth-order valence-electron chi connectivity index (χ4n) is 1.10. The summed E-state index contributed by atoms with van der Waals surface area (Å²) in [6, 6.07) is 3.70. The minimum absolute atomic E-state index is 0.0592. The van der Waals surface area contributed by atoms with Crippen molar-refractivity contribution in [3.05, 3.63) is 28.5 Å². The lowest BCUT2D eigenvalue weighted by molar-refractivity contribution is -0.118.